The Bertz CT molecular complexity index is 1200. The zero-order valence-corrected chi connectivity index (χ0v) is 16.5. The Labute approximate surface area is 177 Å². The molecule has 1 aliphatic rings. The first kappa shape index (κ1) is 19.1. The highest BCUT2D eigenvalue weighted by atomic mass is 19.1. The summed E-state index contributed by atoms with van der Waals surface area (Å²) >= 11 is 0. The van der Waals surface area contributed by atoms with E-state index in [4.69, 9.17) is 9.73 Å². The maximum Gasteiger partial charge on any atom is 0.217 e. The average Bonchev–Trinajstić information content (AvgIpc) is 3.45. The second-order valence-corrected chi connectivity index (χ2v) is 7.43. The molecular formula is C24H18F2N4O. The van der Waals surface area contributed by atoms with Crippen molar-refractivity contribution in [1.82, 2.24) is 14.8 Å². The largest absolute Gasteiger partial charge is 0.474 e. The fourth-order valence-electron chi connectivity index (χ4n) is 3.77. The van der Waals surface area contributed by atoms with E-state index >= 15 is 0 Å². The molecule has 7 heteroatoms. The van der Waals surface area contributed by atoms with Crippen LogP contribution < -0.4 is 0 Å². The molecule has 0 fully saturated rings. The molecule has 0 saturated heterocycles. The van der Waals surface area contributed by atoms with Crippen LogP contribution in [0.15, 0.2) is 90.4 Å². The smallest absolute Gasteiger partial charge is 0.217 e. The van der Waals surface area contributed by atoms with Gasteiger partial charge in [-0.2, -0.15) is 5.10 Å². The van der Waals surface area contributed by atoms with E-state index < -0.39 is 17.2 Å². The third kappa shape index (κ3) is 3.82. The molecule has 0 radical (unpaired) electrons. The zero-order valence-electron chi connectivity index (χ0n) is 16.5. The first-order valence-electron chi connectivity index (χ1n) is 9.79. The molecule has 0 bridgehead atoms. The Balaban J connectivity index is 1.48. The lowest BCUT2D eigenvalue weighted by Gasteiger charge is -2.24. The predicted octanol–water partition coefficient (Wildman–Crippen LogP) is 4.60. The summed E-state index contributed by atoms with van der Waals surface area (Å²) in [5.41, 5.74) is 2.36. The fraction of sp³-hybridized carbons (Fsp3) is 0.125. The third-order valence-electron chi connectivity index (χ3n) is 5.29. The van der Waals surface area contributed by atoms with Crippen LogP contribution in [0.1, 0.15) is 11.1 Å². The van der Waals surface area contributed by atoms with Crippen molar-refractivity contribution in [2.75, 3.05) is 6.61 Å². The Kier molecular flexibility index (Phi) is 4.78. The van der Waals surface area contributed by atoms with Gasteiger partial charge in [0, 0.05) is 11.6 Å². The third-order valence-corrected chi connectivity index (χ3v) is 5.29. The number of hydrogen-bond acceptors (Lipinski definition) is 4. The molecule has 3 aromatic carbocycles. The van der Waals surface area contributed by atoms with E-state index in [1.54, 1.807) is 23.1 Å². The molecule has 1 aromatic heterocycles. The van der Waals surface area contributed by atoms with Gasteiger partial charge in [-0.25, -0.2) is 18.8 Å². The van der Waals surface area contributed by atoms with Gasteiger partial charge in [-0.1, -0.05) is 42.5 Å². The minimum absolute atomic E-state index is 0.364. The summed E-state index contributed by atoms with van der Waals surface area (Å²) in [4.78, 5) is 8.98. The molecule has 0 spiro atoms. The summed E-state index contributed by atoms with van der Waals surface area (Å²) in [6, 6.07) is 20.7. The summed E-state index contributed by atoms with van der Waals surface area (Å²) in [5.74, 6) is -0.701. The average molecular weight is 416 g/mol. The Morgan fingerprint density at radius 3 is 2.26 bits per heavy atom. The van der Waals surface area contributed by atoms with Crippen LogP contribution >= 0.6 is 0 Å². The van der Waals surface area contributed by atoms with E-state index in [1.165, 1.54) is 18.5 Å². The molecule has 2 heterocycles. The van der Waals surface area contributed by atoms with Gasteiger partial charge >= 0.3 is 0 Å². The van der Waals surface area contributed by atoms with Crippen molar-refractivity contribution in [3.05, 3.63) is 108 Å². The van der Waals surface area contributed by atoms with Crippen LogP contribution in [0.2, 0.25) is 0 Å². The lowest BCUT2D eigenvalue weighted by atomic mass is 9.91. The monoisotopic (exact) mass is 416 g/mol. The second kappa shape index (κ2) is 7.75. The van der Waals surface area contributed by atoms with Crippen molar-refractivity contribution in [3.63, 3.8) is 0 Å². The minimum atomic E-state index is -0.630. The molecule has 0 aliphatic carbocycles. The molecule has 0 saturated carbocycles. The van der Waals surface area contributed by atoms with Gasteiger partial charge in [-0.15, -0.1) is 0 Å². The maximum absolute atomic E-state index is 13.6. The zero-order chi connectivity index (χ0) is 21.3. The van der Waals surface area contributed by atoms with Crippen LogP contribution in [-0.2, 0) is 16.8 Å². The summed E-state index contributed by atoms with van der Waals surface area (Å²) in [6.45, 7) is 0.851. The fourth-order valence-corrected chi connectivity index (χ4v) is 3.77. The van der Waals surface area contributed by atoms with Gasteiger partial charge in [-0.05, 0) is 41.0 Å². The first-order valence-corrected chi connectivity index (χ1v) is 9.79. The van der Waals surface area contributed by atoms with Gasteiger partial charge in [-0.3, -0.25) is 4.68 Å². The molecule has 5 rings (SSSR count). The van der Waals surface area contributed by atoms with Crippen LogP contribution in [0.3, 0.4) is 0 Å². The van der Waals surface area contributed by atoms with Gasteiger partial charge in [0.05, 0.1) is 6.54 Å². The van der Waals surface area contributed by atoms with E-state index in [2.05, 4.69) is 10.1 Å². The summed E-state index contributed by atoms with van der Waals surface area (Å²) in [6.07, 6.45) is 3.15. The normalized spacial score (nSPS) is 17.9. The molecule has 0 N–H and O–H groups in total. The van der Waals surface area contributed by atoms with Gasteiger partial charge in [0.15, 0.2) is 0 Å². The van der Waals surface area contributed by atoms with Crippen molar-refractivity contribution >= 4 is 5.90 Å². The summed E-state index contributed by atoms with van der Waals surface area (Å²) in [5, 5.41) is 4.23. The number of halogens is 2. The highest BCUT2D eigenvalue weighted by Gasteiger charge is 2.39. The number of benzene rings is 3. The number of aliphatic imine (C=N–C) groups is 1. The molecule has 4 aromatic rings. The van der Waals surface area contributed by atoms with Crippen LogP contribution in [0, 0.1) is 11.6 Å². The predicted molar refractivity (Wildman–Crippen MR) is 112 cm³/mol. The van der Waals surface area contributed by atoms with E-state index in [-0.39, 0.29) is 0 Å². The maximum atomic E-state index is 13.6. The Hall–Kier alpha value is -3.87. The van der Waals surface area contributed by atoms with Gasteiger partial charge in [0.2, 0.25) is 5.90 Å². The van der Waals surface area contributed by atoms with Crippen molar-refractivity contribution in [2.24, 2.45) is 4.99 Å². The molecule has 0 amide bonds. The molecular weight excluding hydrogens is 398 g/mol. The summed E-state index contributed by atoms with van der Waals surface area (Å²) in [7, 11) is 0. The topological polar surface area (TPSA) is 52.3 Å². The Morgan fingerprint density at radius 2 is 1.58 bits per heavy atom. The van der Waals surface area contributed by atoms with Crippen LogP contribution in [0.5, 0.6) is 0 Å². The van der Waals surface area contributed by atoms with E-state index in [9.17, 15) is 8.78 Å². The van der Waals surface area contributed by atoms with E-state index in [0.29, 0.717) is 30.2 Å². The standard InChI is InChI=1S/C24H18F2N4O/c25-21-10-19(11-22(26)12-21)17-6-8-18(9-7-17)23-29-24(14-31-23,13-30-16-27-15-28-30)20-4-2-1-3-5-20/h1-12,15-16H,13-14H2. The molecule has 154 valence electrons. The first-order chi connectivity index (χ1) is 15.1. The van der Waals surface area contributed by atoms with Crippen LogP contribution in [-0.4, -0.2) is 27.3 Å². The molecule has 1 atom stereocenters. The number of ether oxygens (including phenoxy) is 1. The minimum Gasteiger partial charge on any atom is -0.474 e. The quantitative estimate of drug-likeness (QED) is 0.478. The molecule has 31 heavy (non-hydrogen) atoms. The van der Waals surface area contributed by atoms with Crippen molar-refractivity contribution < 1.29 is 13.5 Å². The van der Waals surface area contributed by atoms with Crippen LogP contribution in [0.4, 0.5) is 8.78 Å². The second-order valence-electron chi connectivity index (χ2n) is 7.43. The summed E-state index contributed by atoms with van der Waals surface area (Å²) < 4.78 is 34.9. The van der Waals surface area contributed by atoms with E-state index in [0.717, 1.165) is 17.2 Å². The number of nitrogens with zero attached hydrogens (tertiary/aromatic N) is 4. The molecule has 1 unspecified atom stereocenters. The van der Waals surface area contributed by atoms with Gasteiger partial charge < -0.3 is 4.74 Å². The highest BCUT2D eigenvalue weighted by Crippen LogP contribution is 2.34. The number of hydrogen-bond donors (Lipinski definition) is 0. The van der Waals surface area contributed by atoms with Gasteiger partial charge in [0.25, 0.3) is 0 Å². The lowest BCUT2D eigenvalue weighted by Crippen LogP contribution is -2.31. The van der Waals surface area contributed by atoms with Crippen molar-refractivity contribution in [1.29, 1.82) is 0 Å². The number of aromatic nitrogens is 3. The highest BCUT2D eigenvalue weighted by molar-refractivity contribution is 5.96. The van der Waals surface area contributed by atoms with Crippen molar-refractivity contribution in [2.45, 2.75) is 12.1 Å². The SMILES string of the molecule is Fc1cc(F)cc(-c2ccc(C3=NC(Cn4cncn4)(c4ccccc4)CO3)cc2)c1. The van der Waals surface area contributed by atoms with Crippen LogP contribution in [0.25, 0.3) is 11.1 Å². The van der Waals surface area contributed by atoms with Crippen molar-refractivity contribution in [3.8, 4) is 11.1 Å². The Morgan fingerprint density at radius 1 is 0.871 bits per heavy atom. The molecule has 5 nitrogen and oxygen atoms in total. The number of rotatable bonds is 5. The van der Waals surface area contributed by atoms with Gasteiger partial charge in [0.1, 0.15) is 36.4 Å². The van der Waals surface area contributed by atoms with E-state index in [1.807, 2.05) is 42.5 Å². The lowest BCUT2D eigenvalue weighted by molar-refractivity contribution is 0.230. The molecule has 1 aliphatic heterocycles.